The van der Waals surface area contributed by atoms with E-state index >= 15 is 0 Å². The quantitative estimate of drug-likeness (QED) is 0.832. The molecule has 0 aromatic heterocycles. The lowest BCUT2D eigenvalue weighted by Gasteiger charge is -2.25. The zero-order valence-electron chi connectivity index (χ0n) is 10.6. The molecule has 1 aliphatic carbocycles. The second-order valence-electron chi connectivity index (χ2n) is 5.18. The largest absolute Gasteiger partial charge is 0.491 e. The number of rotatable bonds is 5. The topological polar surface area (TPSA) is 35.2 Å². The minimum Gasteiger partial charge on any atom is -0.491 e. The van der Waals surface area contributed by atoms with Gasteiger partial charge in [-0.15, -0.1) is 0 Å². The fourth-order valence-electron chi connectivity index (χ4n) is 2.10. The van der Waals surface area contributed by atoms with Crippen molar-refractivity contribution in [1.82, 2.24) is 0 Å². The molecule has 1 aromatic rings. The van der Waals surface area contributed by atoms with Crippen LogP contribution in [0.1, 0.15) is 31.7 Å². The lowest BCUT2D eigenvalue weighted by Crippen LogP contribution is -2.20. The Kier molecular flexibility index (Phi) is 5.10. The van der Waals surface area contributed by atoms with E-state index in [0.29, 0.717) is 0 Å². The van der Waals surface area contributed by atoms with Gasteiger partial charge in [0, 0.05) is 6.04 Å². The first-order chi connectivity index (χ1) is 8.56. The van der Waals surface area contributed by atoms with Crippen molar-refractivity contribution in [3.05, 3.63) is 26.6 Å². The van der Waals surface area contributed by atoms with E-state index < -0.39 is 0 Å². The molecule has 1 saturated carbocycles. The molecule has 18 heavy (non-hydrogen) atoms. The molecular formula is C14H19Br2NO. The lowest BCUT2D eigenvalue weighted by atomic mass is 9.86. The molecule has 4 heteroatoms. The van der Waals surface area contributed by atoms with E-state index in [2.05, 4.69) is 44.0 Å². The van der Waals surface area contributed by atoms with Crippen molar-refractivity contribution in [2.24, 2.45) is 11.7 Å². The van der Waals surface area contributed by atoms with Gasteiger partial charge < -0.3 is 10.5 Å². The Morgan fingerprint density at radius 2 is 1.94 bits per heavy atom. The van der Waals surface area contributed by atoms with E-state index in [-0.39, 0.29) is 6.04 Å². The van der Waals surface area contributed by atoms with Gasteiger partial charge in [-0.2, -0.15) is 0 Å². The summed E-state index contributed by atoms with van der Waals surface area (Å²) in [5.41, 5.74) is 7.05. The van der Waals surface area contributed by atoms with Gasteiger partial charge in [0.1, 0.15) is 5.75 Å². The van der Waals surface area contributed by atoms with Gasteiger partial charge in [-0.05, 0) is 81.7 Å². The summed E-state index contributed by atoms with van der Waals surface area (Å²) in [6, 6.07) is 4.37. The number of halogens is 2. The minimum atomic E-state index is 0.172. The van der Waals surface area contributed by atoms with Crippen LogP contribution in [0.25, 0.3) is 0 Å². The van der Waals surface area contributed by atoms with Gasteiger partial charge in [0.15, 0.2) is 0 Å². The second-order valence-corrected chi connectivity index (χ2v) is 6.89. The number of nitrogens with two attached hydrogens (primary N) is 1. The highest BCUT2D eigenvalue weighted by Crippen LogP contribution is 2.36. The molecule has 0 radical (unpaired) electrons. The number of benzene rings is 1. The Morgan fingerprint density at radius 3 is 2.39 bits per heavy atom. The van der Waals surface area contributed by atoms with Crippen molar-refractivity contribution in [1.29, 1.82) is 0 Å². The van der Waals surface area contributed by atoms with Crippen molar-refractivity contribution >= 4 is 31.9 Å². The number of hydrogen-bond acceptors (Lipinski definition) is 2. The van der Waals surface area contributed by atoms with Gasteiger partial charge in [0.2, 0.25) is 0 Å². The smallest absolute Gasteiger partial charge is 0.147 e. The molecule has 0 amide bonds. The fourth-order valence-corrected chi connectivity index (χ4v) is 3.61. The zero-order valence-corrected chi connectivity index (χ0v) is 13.8. The Morgan fingerprint density at radius 1 is 1.33 bits per heavy atom. The summed E-state index contributed by atoms with van der Waals surface area (Å²) in [4.78, 5) is 0. The molecular weight excluding hydrogens is 358 g/mol. The molecule has 2 nitrogen and oxygen atoms in total. The van der Waals surface area contributed by atoms with Crippen molar-refractivity contribution in [3.8, 4) is 5.75 Å². The van der Waals surface area contributed by atoms with Gasteiger partial charge in [-0.3, -0.25) is 0 Å². The molecule has 1 aliphatic rings. The van der Waals surface area contributed by atoms with Gasteiger partial charge in [-0.1, -0.05) is 6.42 Å². The first-order valence-electron chi connectivity index (χ1n) is 6.42. The van der Waals surface area contributed by atoms with Crippen LogP contribution in [0.15, 0.2) is 21.1 Å². The van der Waals surface area contributed by atoms with Crippen LogP contribution in [0.5, 0.6) is 5.75 Å². The van der Waals surface area contributed by atoms with Crippen LogP contribution >= 0.6 is 31.9 Å². The molecule has 100 valence electrons. The Labute approximate surface area is 126 Å². The molecule has 1 aromatic carbocycles. The van der Waals surface area contributed by atoms with Crippen molar-refractivity contribution in [2.75, 3.05) is 6.61 Å². The third kappa shape index (κ3) is 3.72. The maximum atomic E-state index is 5.91. The summed E-state index contributed by atoms with van der Waals surface area (Å²) in [6.45, 7) is 2.84. The number of ether oxygens (including phenoxy) is 1. The third-order valence-corrected chi connectivity index (χ3v) is 4.48. The molecule has 2 rings (SSSR count). The second kappa shape index (κ2) is 6.40. The predicted molar refractivity (Wildman–Crippen MR) is 82.0 cm³/mol. The van der Waals surface area contributed by atoms with E-state index in [1.165, 1.54) is 24.8 Å². The zero-order chi connectivity index (χ0) is 13.1. The SMILES string of the molecule is CC(N)Cc1cc(Br)c(OCC2CCC2)c(Br)c1. The van der Waals surface area contributed by atoms with Crippen LogP contribution in [0.2, 0.25) is 0 Å². The molecule has 1 unspecified atom stereocenters. The Hall–Kier alpha value is -0.0600. The minimum absolute atomic E-state index is 0.172. The molecule has 0 bridgehead atoms. The average Bonchev–Trinajstić information content (AvgIpc) is 2.18. The van der Waals surface area contributed by atoms with E-state index in [0.717, 1.165) is 33.6 Å². The standard InChI is InChI=1S/C14H19Br2NO/c1-9(17)5-11-6-12(15)14(13(16)7-11)18-8-10-3-2-4-10/h6-7,9-10H,2-5,8,17H2,1H3. The van der Waals surface area contributed by atoms with Crippen LogP contribution in [0, 0.1) is 5.92 Å². The van der Waals surface area contributed by atoms with E-state index in [1.54, 1.807) is 0 Å². The average molecular weight is 377 g/mol. The first-order valence-corrected chi connectivity index (χ1v) is 8.01. The fraction of sp³-hybridized carbons (Fsp3) is 0.571. The first kappa shape index (κ1) is 14.4. The normalized spacial score (nSPS) is 17.3. The maximum Gasteiger partial charge on any atom is 0.147 e. The summed E-state index contributed by atoms with van der Waals surface area (Å²) in [5, 5.41) is 0. The van der Waals surface area contributed by atoms with Crippen LogP contribution < -0.4 is 10.5 Å². The highest BCUT2D eigenvalue weighted by Gasteiger charge is 2.19. The molecule has 1 atom stereocenters. The molecule has 0 spiro atoms. The van der Waals surface area contributed by atoms with Crippen LogP contribution in [-0.2, 0) is 6.42 Å². The Bertz CT molecular complexity index is 393. The van der Waals surface area contributed by atoms with Crippen molar-refractivity contribution < 1.29 is 4.74 Å². The van der Waals surface area contributed by atoms with Crippen molar-refractivity contribution in [2.45, 2.75) is 38.6 Å². The Balaban J connectivity index is 2.05. The predicted octanol–water partition coefficient (Wildman–Crippen LogP) is 4.28. The maximum absolute atomic E-state index is 5.91. The molecule has 0 heterocycles. The van der Waals surface area contributed by atoms with Gasteiger partial charge in [0.25, 0.3) is 0 Å². The number of hydrogen-bond donors (Lipinski definition) is 1. The monoisotopic (exact) mass is 375 g/mol. The highest BCUT2D eigenvalue weighted by atomic mass is 79.9. The lowest BCUT2D eigenvalue weighted by molar-refractivity contribution is 0.179. The third-order valence-electron chi connectivity index (χ3n) is 3.30. The summed E-state index contributed by atoms with van der Waals surface area (Å²) in [5.74, 6) is 1.66. The molecule has 0 aliphatic heterocycles. The summed E-state index contributed by atoms with van der Waals surface area (Å²) in [7, 11) is 0. The molecule has 2 N–H and O–H groups in total. The van der Waals surface area contributed by atoms with Crippen molar-refractivity contribution in [3.63, 3.8) is 0 Å². The highest BCUT2D eigenvalue weighted by molar-refractivity contribution is 9.11. The van der Waals surface area contributed by atoms with Crippen LogP contribution in [0.4, 0.5) is 0 Å². The van der Waals surface area contributed by atoms with E-state index in [4.69, 9.17) is 10.5 Å². The molecule has 0 saturated heterocycles. The summed E-state index contributed by atoms with van der Waals surface area (Å²) in [6.07, 6.45) is 4.83. The van der Waals surface area contributed by atoms with E-state index in [1.807, 2.05) is 6.92 Å². The summed E-state index contributed by atoms with van der Waals surface area (Å²) >= 11 is 7.16. The summed E-state index contributed by atoms with van der Waals surface area (Å²) < 4.78 is 7.92. The van der Waals surface area contributed by atoms with Gasteiger partial charge in [-0.25, -0.2) is 0 Å². The van der Waals surface area contributed by atoms with Gasteiger partial charge in [0.05, 0.1) is 15.6 Å². The van der Waals surface area contributed by atoms with Crippen LogP contribution in [0.3, 0.4) is 0 Å². The van der Waals surface area contributed by atoms with E-state index in [9.17, 15) is 0 Å². The molecule has 1 fully saturated rings. The van der Waals surface area contributed by atoms with Gasteiger partial charge >= 0.3 is 0 Å². The van der Waals surface area contributed by atoms with Crippen LogP contribution in [-0.4, -0.2) is 12.6 Å².